The first kappa shape index (κ1) is 15.3. The number of nitrogens with one attached hydrogen (secondary N) is 2. The molecule has 1 saturated carbocycles. The summed E-state index contributed by atoms with van der Waals surface area (Å²) in [6.07, 6.45) is 7.83. The molecule has 0 unspecified atom stereocenters. The van der Waals surface area contributed by atoms with E-state index in [1.807, 2.05) is 30.3 Å². The number of carbonyl (C=O) groups excluding carboxylic acids is 1. The van der Waals surface area contributed by atoms with E-state index in [0.29, 0.717) is 6.67 Å². The number of para-hydroxylation sites is 1. The minimum Gasteiger partial charge on any atom is -0.371 e. The predicted molar refractivity (Wildman–Crippen MR) is 89.7 cm³/mol. The summed E-state index contributed by atoms with van der Waals surface area (Å²) in [5, 5.41) is 6.72. The molecule has 1 aliphatic carbocycles. The predicted octanol–water partition coefficient (Wildman–Crippen LogP) is 2.97. The Hall–Kier alpha value is -1.55. The van der Waals surface area contributed by atoms with Gasteiger partial charge in [0.05, 0.1) is 6.67 Å². The van der Waals surface area contributed by atoms with Crippen LogP contribution in [0.25, 0.3) is 0 Å². The van der Waals surface area contributed by atoms with Crippen molar-refractivity contribution in [2.45, 2.75) is 50.5 Å². The summed E-state index contributed by atoms with van der Waals surface area (Å²) in [5.41, 5.74) is 0.611. The van der Waals surface area contributed by atoms with Gasteiger partial charge in [0.1, 0.15) is 5.54 Å². The largest absolute Gasteiger partial charge is 0.371 e. The van der Waals surface area contributed by atoms with Crippen molar-refractivity contribution in [1.82, 2.24) is 10.2 Å². The van der Waals surface area contributed by atoms with E-state index in [2.05, 4.69) is 15.5 Å². The van der Waals surface area contributed by atoms with E-state index in [-0.39, 0.29) is 5.91 Å². The maximum Gasteiger partial charge on any atom is 0.246 e. The van der Waals surface area contributed by atoms with Crippen LogP contribution in [0.5, 0.6) is 0 Å². The second-order valence-electron chi connectivity index (χ2n) is 6.62. The molecular weight excluding hydrogens is 274 g/mol. The van der Waals surface area contributed by atoms with E-state index in [4.69, 9.17) is 0 Å². The molecule has 22 heavy (non-hydrogen) atoms. The third-order valence-corrected chi connectivity index (χ3v) is 4.96. The summed E-state index contributed by atoms with van der Waals surface area (Å²) in [5.74, 6) is 0.169. The number of nitrogens with zero attached hydrogens (tertiary/aromatic N) is 1. The van der Waals surface area contributed by atoms with Gasteiger partial charge < -0.3 is 10.6 Å². The third kappa shape index (κ3) is 3.61. The number of anilines is 1. The van der Waals surface area contributed by atoms with Crippen molar-refractivity contribution >= 4 is 11.6 Å². The molecule has 0 radical (unpaired) electrons. The van der Waals surface area contributed by atoms with Gasteiger partial charge in [0, 0.05) is 5.69 Å². The zero-order valence-electron chi connectivity index (χ0n) is 13.3. The van der Waals surface area contributed by atoms with Gasteiger partial charge in [0.15, 0.2) is 0 Å². The Bertz CT molecular complexity index is 476. The molecule has 0 bridgehead atoms. The highest BCUT2D eigenvalue weighted by Gasteiger charge is 2.39. The Morgan fingerprint density at radius 1 is 1.00 bits per heavy atom. The van der Waals surface area contributed by atoms with Crippen molar-refractivity contribution < 1.29 is 4.79 Å². The molecule has 1 aromatic rings. The maximum atomic E-state index is 12.9. The second kappa shape index (κ2) is 7.14. The van der Waals surface area contributed by atoms with Gasteiger partial charge in [-0.05, 0) is 50.9 Å². The quantitative estimate of drug-likeness (QED) is 0.879. The molecule has 3 rings (SSSR count). The van der Waals surface area contributed by atoms with Crippen LogP contribution in [0.3, 0.4) is 0 Å². The molecule has 0 aromatic heterocycles. The topological polar surface area (TPSA) is 44.4 Å². The molecule has 1 aliphatic heterocycles. The molecule has 1 saturated heterocycles. The Balaban J connectivity index is 1.66. The first-order valence-corrected chi connectivity index (χ1v) is 8.62. The van der Waals surface area contributed by atoms with Gasteiger partial charge in [0.25, 0.3) is 0 Å². The highest BCUT2D eigenvalue weighted by molar-refractivity contribution is 5.89. The lowest BCUT2D eigenvalue weighted by Crippen LogP contribution is -2.55. The van der Waals surface area contributed by atoms with Crippen molar-refractivity contribution in [2.75, 3.05) is 25.1 Å². The molecule has 0 atom stereocenters. The van der Waals surface area contributed by atoms with E-state index in [1.165, 1.54) is 19.3 Å². The average molecular weight is 301 g/mol. The SMILES string of the molecule is O=C(NCN1CCCC1)C1(Nc2ccccc2)CCCCC1. The van der Waals surface area contributed by atoms with Gasteiger partial charge >= 0.3 is 0 Å². The summed E-state index contributed by atoms with van der Waals surface area (Å²) in [7, 11) is 0. The summed E-state index contributed by atoms with van der Waals surface area (Å²) in [4.78, 5) is 15.2. The number of rotatable bonds is 5. The van der Waals surface area contributed by atoms with Crippen molar-refractivity contribution in [1.29, 1.82) is 0 Å². The van der Waals surface area contributed by atoms with Gasteiger partial charge in [0.2, 0.25) is 5.91 Å². The van der Waals surface area contributed by atoms with Crippen LogP contribution < -0.4 is 10.6 Å². The fourth-order valence-corrected chi connectivity index (χ4v) is 3.66. The van der Waals surface area contributed by atoms with Crippen molar-refractivity contribution in [3.63, 3.8) is 0 Å². The number of hydrogen-bond donors (Lipinski definition) is 2. The van der Waals surface area contributed by atoms with E-state index >= 15 is 0 Å². The van der Waals surface area contributed by atoms with Crippen LogP contribution in [0, 0.1) is 0 Å². The highest BCUT2D eigenvalue weighted by Crippen LogP contribution is 2.32. The standard InChI is InChI=1S/C18H27N3O/c22-17(19-15-21-13-7-8-14-21)18(11-5-2-6-12-18)20-16-9-3-1-4-10-16/h1,3-4,9-10,20H,2,5-8,11-15H2,(H,19,22). The molecule has 2 N–H and O–H groups in total. The number of amides is 1. The first-order valence-electron chi connectivity index (χ1n) is 8.62. The Kier molecular flexibility index (Phi) is 4.98. The molecule has 4 heteroatoms. The lowest BCUT2D eigenvalue weighted by molar-refractivity contribution is -0.127. The number of likely N-dealkylation sites (tertiary alicyclic amines) is 1. The van der Waals surface area contributed by atoms with Crippen molar-refractivity contribution in [3.8, 4) is 0 Å². The summed E-state index contributed by atoms with van der Waals surface area (Å²) in [6, 6.07) is 10.1. The molecule has 0 spiro atoms. The monoisotopic (exact) mass is 301 g/mol. The van der Waals surface area contributed by atoms with Crippen LogP contribution in [0.1, 0.15) is 44.9 Å². The maximum absolute atomic E-state index is 12.9. The average Bonchev–Trinajstić information content (AvgIpc) is 3.08. The van der Waals surface area contributed by atoms with Gasteiger partial charge in [-0.3, -0.25) is 9.69 Å². The fourth-order valence-electron chi connectivity index (χ4n) is 3.66. The van der Waals surface area contributed by atoms with Crippen LogP contribution in [0.2, 0.25) is 0 Å². The van der Waals surface area contributed by atoms with Crippen LogP contribution in [0.4, 0.5) is 5.69 Å². The normalized spacial score (nSPS) is 21.5. The van der Waals surface area contributed by atoms with Crippen LogP contribution in [-0.2, 0) is 4.79 Å². The number of carbonyl (C=O) groups is 1. The highest BCUT2D eigenvalue weighted by atomic mass is 16.2. The van der Waals surface area contributed by atoms with Crippen LogP contribution in [0.15, 0.2) is 30.3 Å². The Labute approximate surface area is 133 Å². The smallest absolute Gasteiger partial charge is 0.246 e. The van der Waals surface area contributed by atoms with Gasteiger partial charge in [-0.15, -0.1) is 0 Å². The molecule has 120 valence electrons. The van der Waals surface area contributed by atoms with E-state index in [0.717, 1.165) is 44.5 Å². The molecule has 1 heterocycles. The van der Waals surface area contributed by atoms with E-state index < -0.39 is 5.54 Å². The zero-order chi connectivity index (χ0) is 15.3. The summed E-state index contributed by atoms with van der Waals surface area (Å²) in [6.45, 7) is 2.91. The van der Waals surface area contributed by atoms with Gasteiger partial charge in [-0.1, -0.05) is 37.5 Å². The third-order valence-electron chi connectivity index (χ3n) is 4.96. The van der Waals surface area contributed by atoms with Crippen molar-refractivity contribution in [3.05, 3.63) is 30.3 Å². The van der Waals surface area contributed by atoms with E-state index in [1.54, 1.807) is 0 Å². The van der Waals surface area contributed by atoms with Gasteiger partial charge in [-0.2, -0.15) is 0 Å². The lowest BCUT2D eigenvalue weighted by atomic mass is 9.80. The zero-order valence-corrected chi connectivity index (χ0v) is 13.3. The summed E-state index contributed by atoms with van der Waals surface area (Å²) < 4.78 is 0. The molecule has 2 fully saturated rings. The summed E-state index contributed by atoms with van der Waals surface area (Å²) >= 11 is 0. The molecule has 1 amide bonds. The minimum absolute atomic E-state index is 0.169. The first-order chi connectivity index (χ1) is 10.8. The molecule has 4 nitrogen and oxygen atoms in total. The molecular formula is C18H27N3O. The second-order valence-corrected chi connectivity index (χ2v) is 6.62. The fraction of sp³-hybridized carbons (Fsp3) is 0.611. The minimum atomic E-state index is -0.431. The van der Waals surface area contributed by atoms with Crippen molar-refractivity contribution in [2.24, 2.45) is 0 Å². The molecule has 1 aromatic carbocycles. The number of hydrogen-bond acceptors (Lipinski definition) is 3. The van der Waals surface area contributed by atoms with Gasteiger partial charge in [-0.25, -0.2) is 0 Å². The lowest BCUT2D eigenvalue weighted by Gasteiger charge is -2.38. The molecule has 2 aliphatic rings. The Morgan fingerprint density at radius 2 is 1.68 bits per heavy atom. The Morgan fingerprint density at radius 3 is 2.36 bits per heavy atom. The number of benzene rings is 1. The van der Waals surface area contributed by atoms with Crippen LogP contribution >= 0.6 is 0 Å². The van der Waals surface area contributed by atoms with E-state index in [9.17, 15) is 4.79 Å². The van der Waals surface area contributed by atoms with Crippen LogP contribution in [-0.4, -0.2) is 36.1 Å².